The number of rotatable bonds is 3. The summed E-state index contributed by atoms with van der Waals surface area (Å²) in [7, 11) is 0. The fourth-order valence-corrected chi connectivity index (χ4v) is 4.66. The first-order valence-corrected chi connectivity index (χ1v) is 10.3. The molecule has 8 heteroatoms. The van der Waals surface area contributed by atoms with Crippen LogP contribution in [-0.4, -0.2) is 56.7 Å². The summed E-state index contributed by atoms with van der Waals surface area (Å²) >= 11 is 0. The van der Waals surface area contributed by atoms with Crippen molar-refractivity contribution in [1.82, 2.24) is 30.0 Å². The van der Waals surface area contributed by atoms with Crippen LogP contribution in [0.3, 0.4) is 0 Å². The number of amides is 1. The van der Waals surface area contributed by atoms with Crippen molar-refractivity contribution in [1.29, 1.82) is 0 Å². The molecule has 0 radical (unpaired) electrons. The first kappa shape index (κ1) is 21.7. The Hall–Kier alpha value is -1.99. The Bertz CT molecular complexity index is 861. The lowest BCUT2D eigenvalue weighted by atomic mass is 9.92. The molecule has 0 unspecified atom stereocenters. The second kappa shape index (κ2) is 8.79. The molecule has 2 aliphatic heterocycles. The van der Waals surface area contributed by atoms with E-state index in [1.807, 2.05) is 33.8 Å². The van der Waals surface area contributed by atoms with Crippen LogP contribution in [0.2, 0.25) is 0 Å². The van der Waals surface area contributed by atoms with E-state index in [4.69, 9.17) is 0 Å². The van der Waals surface area contributed by atoms with Crippen LogP contribution in [0.25, 0.3) is 5.95 Å². The second-order valence-electron chi connectivity index (χ2n) is 8.33. The van der Waals surface area contributed by atoms with Gasteiger partial charge in [0.2, 0.25) is 5.91 Å². The zero-order chi connectivity index (χ0) is 19.8. The summed E-state index contributed by atoms with van der Waals surface area (Å²) in [6.45, 7) is 11.8. The Labute approximate surface area is 178 Å². The lowest BCUT2D eigenvalue weighted by Gasteiger charge is -2.21. The molecule has 1 N–H and O–H groups in total. The first-order valence-electron chi connectivity index (χ1n) is 10.3. The van der Waals surface area contributed by atoms with Crippen molar-refractivity contribution >= 4 is 18.3 Å². The average Bonchev–Trinajstić information content (AvgIpc) is 3.13. The van der Waals surface area contributed by atoms with Gasteiger partial charge in [-0.15, -0.1) is 12.4 Å². The highest BCUT2D eigenvalue weighted by molar-refractivity contribution is 5.85. The van der Waals surface area contributed by atoms with Crippen LogP contribution in [0.4, 0.5) is 0 Å². The van der Waals surface area contributed by atoms with E-state index in [-0.39, 0.29) is 18.3 Å². The normalized spacial score (nSPS) is 21.4. The summed E-state index contributed by atoms with van der Waals surface area (Å²) in [4.78, 5) is 24.1. The van der Waals surface area contributed by atoms with Crippen LogP contribution in [0.1, 0.15) is 41.2 Å². The van der Waals surface area contributed by atoms with Gasteiger partial charge in [-0.2, -0.15) is 5.10 Å². The highest BCUT2D eigenvalue weighted by Gasteiger charge is 2.31. The number of carbonyl (C=O) groups excluding carboxylic acids is 1. The maximum Gasteiger partial charge on any atom is 0.251 e. The number of nitrogens with zero attached hydrogens (tertiary/aromatic N) is 5. The molecule has 2 atom stereocenters. The van der Waals surface area contributed by atoms with E-state index in [1.54, 1.807) is 4.68 Å². The molecule has 4 rings (SSSR count). The number of aromatic nitrogens is 4. The largest absolute Gasteiger partial charge is 0.342 e. The molecule has 0 bridgehead atoms. The molecule has 0 aromatic carbocycles. The first-order chi connectivity index (χ1) is 13.4. The van der Waals surface area contributed by atoms with Crippen LogP contribution in [0.5, 0.6) is 0 Å². The molecular formula is C21H31ClN6O. The molecule has 2 saturated heterocycles. The quantitative estimate of drug-likeness (QED) is 0.827. The van der Waals surface area contributed by atoms with Crippen LogP contribution < -0.4 is 5.32 Å². The molecule has 0 spiro atoms. The summed E-state index contributed by atoms with van der Waals surface area (Å²) in [5, 5.41) is 8.13. The molecular weight excluding hydrogens is 388 g/mol. The molecule has 2 fully saturated rings. The van der Waals surface area contributed by atoms with Gasteiger partial charge in [-0.05, 0) is 71.5 Å². The fourth-order valence-electron chi connectivity index (χ4n) is 4.66. The molecule has 0 saturated carbocycles. The third-order valence-corrected chi connectivity index (χ3v) is 6.30. The molecule has 158 valence electrons. The molecule has 0 aliphatic carbocycles. The van der Waals surface area contributed by atoms with Gasteiger partial charge in [0.05, 0.1) is 12.1 Å². The summed E-state index contributed by atoms with van der Waals surface area (Å²) in [5.41, 5.74) is 4.66. The van der Waals surface area contributed by atoms with Gasteiger partial charge in [0, 0.05) is 35.7 Å². The lowest BCUT2D eigenvalue weighted by Crippen LogP contribution is -2.34. The van der Waals surface area contributed by atoms with E-state index in [0.717, 1.165) is 79.2 Å². The molecule has 29 heavy (non-hydrogen) atoms. The molecule has 1 amide bonds. The number of likely N-dealkylation sites (tertiary alicyclic amines) is 1. The van der Waals surface area contributed by atoms with Crippen LogP contribution in [-0.2, 0) is 11.2 Å². The van der Waals surface area contributed by atoms with Crippen LogP contribution in [0, 0.1) is 39.5 Å². The number of aryl methyl sites for hydroxylation is 3. The van der Waals surface area contributed by atoms with Gasteiger partial charge in [0.25, 0.3) is 5.95 Å². The van der Waals surface area contributed by atoms with Crippen molar-refractivity contribution in [3.63, 3.8) is 0 Å². The fraction of sp³-hybridized carbons (Fsp3) is 0.619. The zero-order valence-electron chi connectivity index (χ0n) is 17.7. The maximum absolute atomic E-state index is 13.0. The van der Waals surface area contributed by atoms with Gasteiger partial charge >= 0.3 is 0 Å². The molecule has 4 heterocycles. The van der Waals surface area contributed by atoms with E-state index in [1.165, 1.54) is 0 Å². The highest BCUT2D eigenvalue weighted by Crippen LogP contribution is 2.27. The maximum atomic E-state index is 13.0. The topological polar surface area (TPSA) is 75.9 Å². The average molecular weight is 419 g/mol. The minimum absolute atomic E-state index is 0. The van der Waals surface area contributed by atoms with Gasteiger partial charge in [-0.3, -0.25) is 4.79 Å². The molecule has 2 aliphatic rings. The van der Waals surface area contributed by atoms with Crippen LogP contribution in [0.15, 0.2) is 6.07 Å². The number of hydrogen-bond acceptors (Lipinski definition) is 5. The SMILES string of the molecule is Cc1cc(C)nc(-n2nc(C)c(CC(=O)N3CC[C@@H]4CNC[C@@H]4CC3)c2C)n1.Cl. The third-order valence-electron chi connectivity index (χ3n) is 6.30. The van der Waals surface area contributed by atoms with Crippen molar-refractivity contribution < 1.29 is 4.79 Å². The van der Waals surface area contributed by atoms with E-state index in [9.17, 15) is 4.79 Å². The summed E-state index contributed by atoms with van der Waals surface area (Å²) in [6, 6.07) is 1.95. The number of halogens is 1. The molecule has 2 aromatic heterocycles. The van der Waals surface area contributed by atoms with Crippen molar-refractivity contribution in [2.45, 2.75) is 47.0 Å². The number of hydrogen-bond donors (Lipinski definition) is 1. The van der Waals surface area contributed by atoms with Crippen molar-refractivity contribution in [3.05, 3.63) is 34.4 Å². The van der Waals surface area contributed by atoms with Crippen molar-refractivity contribution in [2.75, 3.05) is 26.2 Å². The highest BCUT2D eigenvalue weighted by atomic mass is 35.5. The minimum atomic E-state index is 0. The predicted molar refractivity (Wildman–Crippen MR) is 115 cm³/mol. The Morgan fingerprint density at radius 1 is 1.07 bits per heavy atom. The Morgan fingerprint density at radius 2 is 1.66 bits per heavy atom. The Morgan fingerprint density at radius 3 is 2.24 bits per heavy atom. The minimum Gasteiger partial charge on any atom is -0.342 e. The number of carbonyl (C=O) groups is 1. The number of fused-ring (bicyclic) bond motifs is 1. The Kier molecular flexibility index (Phi) is 6.58. The van der Waals surface area contributed by atoms with Gasteiger partial charge in [-0.1, -0.05) is 0 Å². The Balaban J connectivity index is 0.00000240. The zero-order valence-corrected chi connectivity index (χ0v) is 18.6. The van der Waals surface area contributed by atoms with Crippen LogP contribution >= 0.6 is 12.4 Å². The smallest absolute Gasteiger partial charge is 0.251 e. The lowest BCUT2D eigenvalue weighted by molar-refractivity contribution is -0.130. The standard InChI is InChI=1S/C21H30N6O.ClH/c1-13-9-14(2)24-21(23-13)27-16(4)19(15(3)25-27)10-20(28)26-7-5-17-11-22-12-18(17)6-8-26;/h9,17-18,22H,5-8,10-12H2,1-4H3;1H/t17-,18+;. The molecule has 7 nitrogen and oxygen atoms in total. The summed E-state index contributed by atoms with van der Waals surface area (Å²) in [5.74, 6) is 2.24. The molecule has 2 aromatic rings. The van der Waals surface area contributed by atoms with Gasteiger partial charge in [0.1, 0.15) is 0 Å². The second-order valence-corrected chi connectivity index (χ2v) is 8.33. The van der Waals surface area contributed by atoms with Gasteiger partial charge in [0.15, 0.2) is 0 Å². The predicted octanol–water partition coefficient (Wildman–Crippen LogP) is 2.32. The van der Waals surface area contributed by atoms with Crippen molar-refractivity contribution in [2.24, 2.45) is 11.8 Å². The van der Waals surface area contributed by atoms with E-state index >= 15 is 0 Å². The summed E-state index contributed by atoms with van der Waals surface area (Å²) in [6.07, 6.45) is 2.62. The van der Waals surface area contributed by atoms with E-state index in [2.05, 4.69) is 25.3 Å². The van der Waals surface area contributed by atoms with Gasteiger partial charge in [-0.25, -0.2) is 14.6 Å². The third kappa shape index (κ3) is 4.46. The van der Waals surface area contributed by atoms with Gasteiger partial charge < -0.3 is 10.2 Å². The monoisotopic (exact) mass is 418 g/mol. The van der Waals surface area contributed by atoms with E-state index in [0.29, 0.717) is 12.4 Å². The van der Waals surface area contributed by atoms with E-state index < -0.39 is 0 Å². The summed E-state index contributed by atoms with van der Waals surface area (Å²) < 4.78 is 1.77. The number of nitrogens with one attached hydrogen (secondary N) is 1. The van der Waals surface area contributed by atoms with Crippen molar-refractivity contribution in [3.8, 4) is 5.95 Å².